The number of hydrogen-bond acceptors (Lipinski definition) is 1. The standard InChI is InChI=1S/C56H38N2Si/c57-39-40-28-33-43(34-29-40)58-54-27-15-12-24-50(54)51-38-42(32-37-55(51)58)56(52-25-13-10-22-48(52)49-23-11-14-26-53(49)56)41-30-35-47(36-31-41)59(44-16-4-1-5-17-44,45-18-6-2-7-19-45)46-20-8-3-9-21-46/h1-38H. The Kier molecular flexibility index (Phi) is 8.15. The predicted molar refractivity (Wildman–Crippen MR) is 246 cm³/mol. The first-order valence-electron chi connectivity index (χ1n) is 20.2. The van der Waals surface area contributed by atoms with Crippen molar-refractivity contribution in [1.29, 1.82) is 5.26 Å². The lowest BCUT2D eigenvalue weighted by Gasteiger charge is -2.36. The minimum atomic E-state index is -2.73. The number of rotatable bonds is 7. The molecule has 0 bridgehead atoms. The number of para-hydroxylation sites is 1. The third-order valence-electron chi connectivity index (χ3n) is 12.7. The first-order chi connectivity index (χ1) is 29.2. The normalized spacial score (nSPS) is 12.9. The number of aromatic nitrogens is 1. The second kappa shape index (κ2) is 13.8. The van der Waals surface area contributed by atoms with Crippen LogP contribution in [0.15, 0.2) is 231 Å². The van der Waals surface area contributed by atoms with Gasteiger partial charge in [-0.1, -0.05) is 188 Å². The molecule has 0 saturated carbocycles. The fraction of sp³-hybridized carbons (Fsp3) is 0.0179. The Balaban J connectivity index is 1.19. The smallest absolute Gasteiger partial charge is 0.179 e. The molecule has 1 aromatic heterocycles. The van der Waals surface area contributed by atoms with E-state index in [1.165, 1.54) is 64.9 Å². The summed E-state index contributed by atoms with van der Waals surface area (Å²) in [7, 11) is -2.73. The summed E-state index contributed by atoms with van der Waals surface area (Å²) >= 11 is 0. The molecule has 0 radical (unpaired) electrons. The van der Waals surface area contributed by atoms with Crippen LogP contribution in [0.1, 0.15) is 27.8 Å². The van der Waals surface area contributed by atoms with Gasteiger partial charge in [-0.25, -0.2) is 0 Å². The van der Waals surface area contributed by atoms with Crippen LogP contribution in [0.5, 0.6) is 0 Å². The van der Waals surface area contributed by atoms with Crippen LogP contribution in [0, 0.1) is 11.3 Å². The van der Waals surface area contributed by atoms with Crippen molar-refractivity contribution < 1.29 is 0 Å². The molecule has 0 atom stereocenters. The Morgan fingerprint density at radius 3 is 1.41 bits per heavy atom. The monoisotopic (exact) mass is 766 g/mol. The molecular formula is C56H38N2Si. The molecule has 0 spiro atoms. The van der Waals surface area contributed by atoms with Crippen molar-refractivity contribution in [3.8, 4) is 22.9 Å². The van der Waals surface area contributed by atoms with Gasteiger partial charge in [-0.2, -0.15) is 5.26 Å². The Morgan fingerprint density at radius 1 is 0.390 bits per heavy atom. The van der Waals surface area contributed by atoms with Crippen LogP contribution in [-0.2, 0) is 5.41 Å². The van der Waals surface area contributed by atoms with Gasteiger partial charge in [-0.15, -0.1) is 0 Å². The quantitative estimate of drug-likeness (QED) is 0.117. The topological polar surface area (TPSA) is 28.7 Å². The van der Waals surface area contributed by atoms with Crippen LogP contribution in [0.2, 0.25) is 0 Å². The zero-order chi connectivity index (χ0) is 39.4. The summed E-state index contributed by atoms with van der Waals surface area (Å²) in [5.74, 6) is 0. The molecule has 11 rings (SSSR count). The van der Waals surface area contributed by atoms with E-state index in [0.29, 0.717) is 5.56 Å². The highest BCUT2D eigenvalue weighted by atomic mass is 28.3. The van der Waals surface area contributed by atoms with E-state index in [1.54, 1.807) is 0 Å². The molecule has 10 aromatic rings. The molecule has 1 heterocycles. The van der Waals surface area contributed by atoms with Crippen molar-refractivity contribution in [2.75, 3.05) is 0 Å². The van der Waals surface area contributed by atoms with Gasteiger partial charge < -0.3 is 4.57 Å². The highest BCUT2D eigenvalue weighted by molar-refractivity contribution is 7.19. The van der Waals surface area contributed by atoms with Gasteiger partial charge in [-0.3, -0.25) is 0 Å². The summed E-state index contributed by atoms with van der Waals surface area (Å²) in [5.41, 5.74) is 11.0. The van der Waals surface area contributed by atoms with Crippen LogP contribution >= 0.6 is 0 Å². The summed E-state index contributed by atoms with van der Waals surface area (Å²) < 4.78 is 2.33. The van der Waals surface area contributed by atoms with Gasteiger partial charge in [0.15, 0.2) is 8.07 Å². The predicted octanol–water partition coefficient (Wildman–Crippen LogP) is 10.4. The second-order valence-corrected chi connectivity index (χ2v) is 19.3. The molecule has 0 amide bonds. The van der Waals surface area contributed by atoms with Crippen LogP contribution < -0.4 is 20.7 Å². The number of benzene rings is 9. The molecule has 1 aliphatic rings. The number of hydrogen-bond donors (Lipinski definition) is 0. The summed E-state index contributed by atoms with van der Waals surface area (Å²) in [5, 5.41) is 17.4. The molecule has 0 aliphatic heterocycles. The number of nitrogens with zero attached hydrogens (tertiary/aromatic N) is 2. The van der Waals surface area contributed by atoms with Crippen LogP contribution in [0.25, 0.3) is 38.6 Å². The zero-order valence-electron chi connectivity index (χ0n) is 32.3. The summed E-state index contributed by atoms with van der Waals surface area (Å²) in [6.07, 6.45) is 0. The average molecular weight is 767 g/mol. The molecule has 0 saturated heterocycles. The van der Waals surface area contributed by atoms with Crippen molar-refractivity contribution >= 4 is 50.6 Å². The van der Waals surface area contributed by atoms with E-state index < -0.39 is 13.5 Å². The van der Waals surface area contributed by atoms with Gasteiger partial charge in [0.05, 0.1) is 28.1 Å². The third kappa shape index (κ3) is 5.10. The first kappa shape index (κ1) is 34.7. The minimum absolute atomic E-state index is 0.575. The molecule has 0 fully saturated rings. The lowest BCUT2D eigenvalue weighted by molar-refractivity contribution is 0.770. The Labute approximate surface area is 345 Å². The van der Waals surface area contributed by atoms with E-state index in [4.69, 9.17) is 0 Å². The van der Waals surface area contributed by atoms with E-state index >= 15 is 0 Å². The summed E-state index contributed by atoms with van der Waals surface area (Å²) in [6, 6.07) is 87.1. The van der Waals surface area contributed by atoms with Gasteiger partial charge in [0, 0.05) is 16.5 Å². The van der Waals surface area contributed by atoms with E-state index in [0.717, 1.165) is 16.7 Å². The molecule has 1 aliphatic carbocycles. The molecule has 3 heteroatoms. The van der Waals surface area contributed by atoms with Crippen molar-refractivity contribution in [2.24, 2.45) is 0 Å². The average Bonchev–Trinajstić information content (AvgIpc) is 3.81. The van der Waals surface area contributed by atoms with Gasteiger partial charge in [-0.05, 0) is 96.6 Å². The van der Waals surface area contributed by atoms with Gasteiger partial charge >= 0.3 is 0 Å². The molecule has 59 heavy (non-hydrogen) atoms. The van der Waals surface area contributed by atoms with E-state index in [-0.39, 0.29) is 0 Å². The third-order valence-corrected chi connectivity index (χ3v) is 17.5. The highest BCUT2D eigenvalue weighted by Crippen LogP contribution is 2.56. The minimum Gasteiger partial charge on any atom is -0.309 e. The molecule has 276 valence electrons. The fourth-order valence-corrected chi connectivity index (χ4v) is 15.0. The van der Waals surface area contributed by atoms with Crippen LogP contribution in [0.4, 0.5) is 0 Å². The van der Waals surface area contributed by atoms with E-state index in [2.05, 4.69) is 229 Å². The highest BCUT2D eigenvalue weighted by Gasteiger charge is 2.47. The Morgan fingerprint density at radius 2 is 0.847 bits per heavy atom. The molecule has 0 unspecified atom stereocenters. The number of fused-ring (bicyclic) bond motifs is 6. The maximum Gasteiger partial charge on any atom is 0.179 e. The maximum atomic E-state index is 9.55. The van der Waals surface area contributed by atoms with E-state index in [9.17, 15) is 5.26 Å². The van der Waals surface area contributed by atoms with Gasteiger partial charge in [0.25, 0.3) is 0 Å². The SMILES string of the molecule is N#Cc1ccc(-n2c3ccccc3c3cc(C4(c5ccc([Si](c6ccccc6)(c6ccccc6)c6ccccc6)cc5)c5ccccc5-c5ccccc54)ccc32)cc1. The maximum absolute atomic E-state index is 9.55. The lowest BCUT2D eigenvalue weighted by atomic mass is 9.67. The summed E-state index contributed by atoms with van der Waals surface area (Å²) in [4.78, 5) is 0. The molecular weight excluding hydrogens is 729 g/mol. The van der Waals surface area contributed by atoms with Crippen LogP contribution in [-0.4, -0.2) is 12.6 Å². The Hall–Kier alpha value is -7.51. The largest absolute Gasteiger partial charge is 0.309 e. The van der Waals surface area contributed by atoms with Crippen LogP contribution in [0.3, 0.4) is 0 Å². The van der Waals surface area contributed by atoms with Crippen molar-refractivity contribution in [2.45, 2.75) is 5.41 Å². The lowest BCUT2D eigenvalue weighted by Crippen LogP contribution is -2.74. The summed E-state index contributed by atoms with van der Waals surface area (Å²) in [6.45, 7) is 0. The van der Waals surface area contributed by atoms with Crippen molar-refractivity contribution in [3.63, 3.8) is 0 Å². The second-order valence-electron chi connectivity index (χ2n) is 15.5. The van der Waals surface area contributed by atoms with Crippen molar-refractivity contribution in [3.05, 3.63) is 258 Å². The van der Waals surface area contributed by atoms with Gasteiger partial charge in [0.2, 0.25) is 0 Å². The van der Waals surface area contributed by atoms with Crippen molar-refractivity contribution in [1.82, 2.24) is 4.57 Å². The fourth-order valence-electron chi connectivity index (χ4n) is 10.2. The van der Waals surface area contributed by atoms with Gasteiger partial charge in [0.1, 0.15) is 0 Å². The number of nitriles is 1. The molecule has 9 aromatic carbocycles. The first-order valence-corrected chi connectivity index (χ1v) is 22.2. The van der Waals surface area contributed by atoms with E-state index in [1.807, 2.05) is 12.1 Å². The Bertz CT molecular complexity index is 3050. The zero-order valence-corrected chi connectivity index (χ0v) is 33.3. The molecule has 0 N–H and O–H groups in total. The molecule has 2 nitrogen and oxygen atoms in total.